The fourth-order valence-corrected chi connectivity index (χ4v) is 1.11. The normalized spacial score (nSPS) is 29.0. The molecule has 2 nitrogen and oxygen atoms in total. The van der Waals surface area contributed by atoms with E-state index in [1.807, 2.05) is 0 Å². The van der Waals surface area contributed by atoms with Crippen LogP contribution in [0.3, 0.4) is 0 Å². The zero-order chi connectivity index (χ0) is 6.69. The van der Waals surface area contributed by atoms with E-state index in [4.69, 9.17) is 16.3 Å². The first-order chi connectivity index (χ1) is 4.29. The fraction of sp³-hybridized carbons (Fsp3) is 0.833. The van der Waals surface area contributed by atoms with Gasteiger partial charge in [0.25, 0.3) is 0 Å². The number of carbonyl (C=O) groups excluding carboxylic acids is 1. The van der Waals surface area contributed by atoms with Gasteiger partial charge >= 0.3 is 5.97 Å². The molecule has 0 aromatic rings. The van der Waals surface area contributed by atoms with E-state index in [-0.39, 0.29) is 11.3 Å². The number of ether oxygens (including phenoxy) is 1. The molecule has 1 atom stereocenters. The highest BCUT2D eigenvalue weighted by atomic mass is 35.5. The second kappa shape index (κ2) is 3.06. The Balaban J connectivity index is 2.37. The molecule has 1 unspecified atom stereocenters. The molecular weight excluding hydrogens is 140 g/mol. The maximum atomic E-state index is 10.6. The van der Waals surface area contributed by atoms with Crippen molar-refractivity contribution in [1.82, 2.24) is 0 Å². The van der Waals surface area contributed by atoms with Crippen LogP contribution in [0, 0.1) is 0 Å². The third kappa shape index (κ3) is 2.22. The number of rotatable bonds is 0. The summed E-state index contributed by atoms with van der Waals surface area (Å²) in [5.74, 6) is -0.160. The van der Waals surface area contributed by atoms with Crippen LogP contribution in [0.15, 0.2) is 0 Å². The van der Waals surface area contributed by atoms with Crippen LogP contribution in [0.25, 0.3) is 0 Å². The van der Waals surface area contributed by atoms with Gasteiger partial charge in [0, 0.05) is 5.38 Å². The van der Waals surface area contributed by atoms with Gasteiger partial charge in [-0.15, -0.1) is 11.6 Å². The summed E-state index contributed by atoms with van der Waals surface area (Å²) in [6.07, 6.45) is 2.18. The molecule has 0 aromatic carbocycles. The Bertz CT molecular complexity index is 114. The number of alkyl halides is 1. The Morgan fingerprint density at radius 1 is 1.67 bits per heavy atom. The number of halogens is 1. The summed E-state index contributed by atoms with van der Waals surface area (Å²) in [5.41, 5.74) is 0. The lowest BCUT2D eigenvalue weighted by atomic mass is 10.2. The Hall–Kier alpha value is -0.240. The summed E-state index contributed by atoms with van der Waals surface area (Å²) in [5, 5.41) is -0.000000000000000444. The molecule has 0 aromatic heterocycles. The van der Waals surface area contributed by atoms with E-state index < -0.39 is 0 Å². The number of hydrogen-bond donors (Lipinski definition) is 0. The second-order valence-corrected chi connectivity index (χ2v) is 2.78. The minimum absolute atomic E-state index is 0.000000000000000444. The molecule has 52 valence electrons. The van der Waals surface area contributed by atoms with Crippen molar-refractivity contribution in [2.45, 2.75) is 24.6 Å². The lowest BCUT2D eigenvalue weighted by molar-refractivity contribution is -0.142. The van der Waals surface area contributed by atoms with Crippen LogP contribution in [-0.4, -0.2) is 18.0 Å². The van der Waals surface area contributed by atoms with Gasteiger partial charge in [0.1, 0.15) is 0 Å². The summed E-state index contributed by atoms with van der Waals surface area (Å²) in [7, 11) is 0. The summed E-state index contributed by atoms with van der Waals surface area (Å²) in [4.78, 5) is 10.6. The SMILES string of the molecule is O=C1CC(Cl)CCCO1. The first-order valence-electron chi connectivity index (χ1n) is 3.09. The molecule has 1 heterocycles. The summed E-state index contributed by atoms with van der Waals surface area (Å²) >= 11 is 5.72. The Morgan fingerprint density at radius 2 is 2.44 bits per heavy atom. The van der Waals surface area contributed by atoms with E-state index in [2.05, 4.69) is 0 Å². The van der Waals surface area contributed by atoms with Gasteiger partial charge in [-0.25, -0.2) is 0 Å². The van der Waals surface area contributed by atoms with E-state index >= 15 is 0 Å². The first-order valence-corrected chi connectivity index (χ1v) is 3.52. The quantitative estimate of drug-likeness (QED) is 0.383. The highest BCUT2D eigenvalue weighted by molar-refractivity contribution is 6.21. The molecule has 1 saturated heterocycles. The van der Waals surface area contributed by atoms with Gasteiger partial charge in [0.05, 0.1) is 13.0 Å². The van der Waals surface area contributed by atoms with Gasteiger partial charge in [0.15, 0.2) is 0 Å². The van der Waals surface area contributed by atoms with E-state index in [0.717, 1.165) is 12.8 Å². The van der Waals surface area contributed by atoms with Crippen LogP contribution in [-0.2, 0) is 9.53 Å². The molecule has 0 spiro atoms. The predicted octanol–water partition coefficient (Wildman–Crippen LogP) is 1.32. The largest absolute Gasteiger partial charge is 0.466 e. The van der Waals surface area contributed by atoms with Crippen LogP contribution >= 0.6 is 11.6 Å². The molecule has 1 fully saturated rings. The van der Waals surface area contributed by atoms with Gasteiger partial charge < -0.3 is 4.74 Å². The van der Waals surface area contributed by atoms with Crippen molar-refractivity contribution in [2.75, 3.05) is 6.61 Å². The van der Waals surface area contributed by atoms with Crippen molar-refractivity contribution in [3.8, 4) is 0 Å². The van der Waals surface area contributed by atoms with E-state index in [9.17, 15) is 4.79 Å². The third-order valence-corrected chi connectivity index (χ3v) is 1.69. The molecule has 1 aliphatic heterocycles. The predicted molar refractivity (Wildman–Crippen MR) is 34.5 cm³/mol. The van der Waals surface area contributed by atoms with Gasteiger partial charge in [-0.05, 0) is 12.8 Å². The Morgan fingerprint density at radius 3 is 3.22 bits per heavy atom. The van der Waals surface area contributed by atoms with Crippen molar-refractivity contribution < 1.29 is 9.53 Å². The molecule has 0 bridgehead atoms. The van der Waals surface area contributed by atoms with Crippen LogP contribution in [0.5, 0.6) is 0 Å². The van der Waals surface area contributed by atoms with E-state index in [1.165, 1.54) is 0 Å². The Labute approximate surface area is 59.1 Å². The van der Waals surface area contributed by atoms with Crippen molar-refractivity contribution in [1.29, 1.82) is 0 Å². The van der Waals surface area contributed by atoms with Crippen LogP contribution in [0.2, 0.25) is 0 Å². The van der Waals surface area contributed by atoms with Gasteiger partial charge in [-0.1, -0.05) is 0 Å². The maximum absolute atomic E-state index is 10.6. The summed E-state index contributed by atoms with van der Waals surface area (Å²) in [6.45, 7) is 0.544. The monoisotopic (exact) mass is 148 g/mol. The molecule has 9 heavy (non-hydrogen) atoms. The maximum Gasteiger partial charge on any atom is 0.307 e. The van der Waals surface area contributed by atoms with Gasteiger partial charge in [0.2, 0.25) is 0 Å². The second-order valence-electron chi connectivity index (χ2n) is 2.16. The number of cyclic esters (lactones) is 1. The fourth-order valence-electron chi connectivity index (χ4n) is 0.833. The van der Waals surface area contributed by atoms with Crippen LogP contribution in [0.4, 0.5) is 0 Å². The molecule has 0 aliphatic carbocycles. The molecule has 0 amide bonds. The first kappa shape index (κ1) is 6.87. The lowest BCUT2D eigenvalue weighted by Gasteiger charge is -1.97. The zero-order valence-corrected chi connectivity index (χ0v) is 5.86. The molecular formula is C6H9ClO2. The summed E-state index contributed by atoms with van der Waals surface area (Å²) in [6, 6.07) is 0. The number of hydrogen-bond acceptors (Lipinski definition) is 2. The van der Waals surface area contributed by atoms with Crippen molar-refractivity contribution in [2.24, 2.45) is 0 Å². The molecule has 0 radical (unpaired) electrons. The Kier molecular flexibility index (Phi) is 2.34. The van der Waals surface area contributed by atoms with E-state index in [1.54, 1.807) is 0 Å². The molecule has 0 N–H and O–H groups in total. The zero-order valence-electron chi connectivity index (χ0n) is 5.10. The number of esters is 1. The highest BCUT2D eigenvalue weighted by Gasteiger charge is 2.15. The van der Waals surface area contributed by atoms with Crippen molar-refractivity contribution in [3.63, 3.8) is 0 Å². The summed E-state index contributed by atoms with van der Waals surface area (Å²) < 4.78 is 4.75. The van der Waals surface area contributed by atoms with Crippen molar-refractivity contribution >= 4 is 17.6 Å². The minimum atomic E-state index is -0.160. The van der Waals surface area contributed by atoms with Gasteiger partial charge in [-0.3, -0.25) is 4.79 Å². The average molecular weight is 149 g/mol. The number of carbonyl (C=O) groups is 1. The van der Waals surface area contributed by atoms with Crippen LogP contribution < -0.4 is 0 Å². The molecule has 1 aliphatic rings. The van der Waals surface area contributed by atoms with Crippen LogP contribution in [0.1, 0.15) is 19.3 Å². The van der Waals surface area contributed by atoms with E-state index in [0.29, 0.717) is 13.0 Å². The minimum Gasteiger partial charge on any atom is -0.466 e. The smallest absolute Gasteiger partial charge is 0.307 e. The third-order valence-electron chi connectivity index (χ3n) is 1.31. The molecule has 0 saturated carbocycles. The van der Waals surface area contributed by atoms with Gasteiger partial charge in [-0.2, -0.15) is 0 Å². The highest BCUT2D eigenvalue weighted by Crippen LogP contribution is 2.14. The average Bonchev–Trinajstić information content (AvgIpc) is 1.93. The topological polar surface area (TPSA) is 26.3 Å². The molecule has 3 heteroatoms. The van der Waals surface area contributed by atoms with Crippen molar-refractivity contribution in [3.05, 3.63) is 0 Å². The lowest BCUT2D eigenvalue weighted by Crippen LogP contribution is -2.05. The molecule has 1 rings (SSSR count). The standard InChI is InChI=1S/C6H9ClO2/c7-5-2-1-3-9-6(8)4-5/h5H,1-4H2.